The summed E-state index contributed by atoms with van der Waals surface area (Å²) in [6.07, 6.45) is 2.36. The van der Waals surface area contributed by atoms with Crippen LogP contribution in [0, 0.1) is 0 Å². The summed E-state index contributed by atoms with van der Waals surface area (Å²) in [5.74, 6) is 0.183. The maximum Gasteiger partial charge on any atom is 0.315 e. The maximum absolute atomic E-state index is 11.7. The van der Waals surface area contributed by atoms with Gasteiger partial charge in [0.05, 0.1) is 0 Å². The Hall–Kier alpha value is -2.08. The number of carbonyl (C=O) groups is 2. The molecule has 23 heavy (non-hydrogen) atoms. The molecule has 2 rings (SSSR count). The van der Waals surface area contributed by atoms with Gasteiger partial charge in [0, 0.05) is 45.0 Å². The number of nitrogens with one attached hydrogen (secondary N) is 2. The number of nitrogens with zero attached hydrogens (tertiary/aromatic N) is 1. The van der Waals surface area contributed by atoms with Gasteiger partial charge in [0.2, 0.25) is 5.91 Å². The van der Waals surface area contributed by atoms with Crippen molar-refractivity contribution in [3.63, 3.8) is 0 Å². The van der Waals surface area contributed by atoms with E-state index in [1.54, 1.807) is 0 Å². The molecule has 1 aromatic rings. The van der Waals surface area contributed by atoms with Gasteiger partial charge in [-0.15, -0.1) is 0 Å². The SMILES string of the molecule is CCOCCCNC(=O)NCc1ccc(N2CCCC2=O)cc1. The second-order valence-electron chi connectivity index (χ2n) is 5.48. The number of urea groups is 1. The molecule has 3 amide bonds. The maximum atomic E-state index is 11.7. The summed E-state index contributed by atoms with van der Waals surface area (Å²) < 4.78 is 5.21. The fourth-order valence-electron chi connectivity index (χ4n) is 2.48. The lowest BCUT2D eigenvalue weighted by Gasteiger charge is -2.16. The highest BCUT2D eigenvalue weighted by atomic mass is 16.5. The molecule has 6 heteroatoms. The van der Waals surface area contributed by atoms with Crippen LogP contribution < -0.4 is 15.5 Å². The predicted molar refractivity (Wildman–Crippen MR) is 89.4 cm³/mol. The van der Waals surface area contributed by atoms with Crippen molar-refractivity contribution in [1.29, 1.82) is 0 Å². The van der Waals surface area contributed by atoms with Crippen LogP contribution in [0.4, 0.5) is 10.5 Å². The second-order valence-corrected chi connectivity index (χ2v) is 5.48. The molecule has 6 nitrogen and oxygen atoms in total. The average molecular weight is 319 g/mol. The molecule has 1 saturated heterocycles. The zero-order chi connectivity index (χ0) is 16.5. The van der Waals surface area contributed by atoms with E-state index in [0.717, 1.165) is 30.6 Å². The first-order valence-electron chi connectivity index (χ1n) is 8.19. The lowest BCUT2D eigenvalue weighted by atomic mass is 10.2. The highest BCUT2D eigenvalue weighted by Gasteiger charge is 2.21. The van der Waals surface area contributed by atoms with Crippen LogP contribution in [0.25, 0.3) is 0 Å². The van der Waals surface area contributed by atoms with Gasteiger partial charge in [-0.05, 0) is 37.5 Å². The van der Waals surface area contributed by atoms with Gasteiger partial charge in [-0.2, -0.15) is 0 Å². The largest absolute Gasteiger partial charge is 0.382 e. The predicted octanol–water partition coefficient (Wildman–Crippen LogP) is 2.04. The van der Waals surface area contributed by atoms with E-state index < -0.39 is 0 Å². The highest BCUT2D eigenvalue weighted by molar-refractivity contribution is 5.95. The molecule has 0 spiro atoms. The summed E-state index contributed by atoms with van der Waals surface area (Å²) in [4.78, 5) is 25.2. The van der Waals surface area contributed by atoms with Crippen molar-refractivity contribution in [3.05, 3.63) is 29.8 Å². The van der Waals surface area contributed by atoms with Crippen molar-refractivity contribution in [2.75, 3.05) is 31.2 Å². The molecule has 0 aliphatic carbocycles. The van der Waals surface area contributed by atoms with Gasteiger partial charge in [0.15, 0.2) is 0 Å². The minimum atomic E-state index is -0.180. The third-order valence-electron chi connectivity index (χ3n) is 3.73. The van der Waals surface area contributed by atoms with Crippen LogP contribution in [0.3, 0.4) is 0 Å². The number of hydrogen-bond donors (Lipinski definition) is 2. The van der Waals surface area contributed by atoms with Gasteiger partial charge in [-0.25, -0.2) is 4.79 Å². The topological polar surface area (TPSA) is 70.7 Å². The van der Waals surface area contributed by atoms with Crippen LogP contribution in [-0.2, 0) is 16.1 Å². The van der Waals surface area contributed by atoms with Crippen LogP contribution >= 0.6 is 0 Å². The van der Waals surface area contributed by atoms with Crippen molar-refractivity contribution in [3.8, 4) is 0 Å². The van der Waals surface area contributed by atoms with Crippen LogP contribution in [0.15, 0.2) is 24.3 Å². The molecule has 126 valence electrons. The van der Waals surface area contributed by atoms with E-state index in [9.17, 15) is 9.59 Å². The van der Waals surface area contributed by atoms with Gasteiger partial charge in [0.25, 0.3) is 0 Å². The number of anilines is 1. The monoisotopic (exact) mass is 319 g/mol. The van der Waals surface area contributed by atoms with Crippen LogP contribution in [0.2, 0.25) is 0 Å². The Morgan fingerprint density at radius 2 is 2.04 bits per heavy atom. The minimum Gasteiger partial charge on any atom is -0.382 e. The van der Waals surface area contributed by atoms with Crippen LogP contribution in [0.5, 0.6) is 0 Å². The third-order valence-corrected chi connectivity index (χ3v) is 3.73. The quantitative estimate of drug-likeness (QED) is 0.720. The molecule has 0 bridgehead atoms. The lowest BCUT2D eigenvalue weighted by Crippen LogP contribution is -2.35. The first-order valence-corrected chi connectivity index (χ1v) is 8.19. The Labute approximate surface area is 137 Å². The molecule has 1 aliphatic rings. The Balaban J connectivity index is 1.69. The molecule has 0 unspecified atom stereocenters. The van der Waals surface area contributed by atoms with Gasteiger partial charge in [-0.3, -0.25) is 4.79 Å². The number of amides is 3. The Morgan fingerprint density at radius 3 is 2.70 bits per heavy atom. The van der Waals surface area contributed by atoms with Crippen LogP contribution in [-0.4, -0.2) is 38.2 Å². The van der Waals surface area contributed by atoms with E-state index in [1.807, 2.05) is 36.1 Å². The summed E-state index contributed by atoms with van der Waals surface area (Å²) in [7, 11) is 0. The van der Waals surface area contributed by atoms with Gasteiger partial charge in [0.1, 0.15) is 0 Å². The van der Waals surface area contributed by atoms with E-state index in [0.29, 0.717) is 32.7 Å². The van der Waals surface area contributed by atoms with E-state index >= 15 is 0 Å². The molecule has 0 atom stereocenters. The van der Waals surface area contributed by atoms with E-state index in [-0.39, 0.29) is 11.9 Å². The fourth-order valence-corrected chi connectivity index (χ4v) is 2.48. The Bertz CT molecular complexity index is 516. The first-order chi connectivity index (χ1) is 11.2. The zero-order valence-electron chi connectivity index (χ0n) is 13.6. The van der Waals surface area contributed by atoms with E-state index in [1.165, 1.54) is 0 Å². The summed E-state index contributed by atoms with van der Waals surface area (Å²) in [6.45, 7) is 5.16. The number of carbonyl (C=O) groups excluding carboxylic acids is 2. The highest BCUT2D eigenvalue weighted by Crippen LogP contribution is 2.21. The standard InChI is InChI=1S/C17H25N3O3/c1-2-23-12-4-10-18-17(22)19-13-14-6-8-15(9-7-14)20-11-3-5-16(20)21/h6-9H,2-5,10-13H2,1H3,(H2,18,19,22). The molecule has 0 radical (unpaired) electrons. The van der Waals surface area contributed by atoms with Gasteiger partial charge in [-0.1, -0.05) is 12.1 Å². The number of benzene rings is 1. The molecular weight excluding hydrogens is 294 g/mol. The van der Waals surface area contributed by atoms with Crippen molar-refractivity contribution >= 4 is 17.6 Å². The smallest absolute Gasteiger partial charge is 0.315 e. The summed E-state index contributed by atoms with van der Waals surface area (Å²) in [5.41, 5.74) is 1.93. The average Bonchev–Trinajstić information content (AvgIpc) is 2.99. The first kappa shape index (κ1) is 17.3. The van der Waals surface area contributed by atoms with E-state index in [2.05, 4.69) is 10.6 Å². The number of hydrogen-bond acceptors (Lipinski definition) is 3. The fraction of sp³-hybridized carbons (Fsp3) is 0.529. The number of rotatable bonds is 8. The second kappa shape index (κ2) is 9.15. The molecule has 2 N–H and O–H groups in total. The number of ether oxygens (including phenoxy) is 1. The Morgan fingerprint density at radius 1 is 1.26 bits per heavy atom. The molecule has 1 aromatic carbocycles. The third kappa shape index (κ3) is 5.56. The molecular formula is C17H25N3O3. The summed E-state index contributed by atoms with van der Waals surface area (Å²) in [5, 5.41) is 5.61. The zero-order valence-corrected chi connectivity index (χ0v) is 13.6. The van der Waals surface area contributed by atoms with Gasteiger partial charge < -0.3 is 20.3 Å². The van der Waals surface area contributed by atoms with Crippen LogP contribution in [0.1, 0.15) is 31.7 Å². The summed E-state index contributed by atoms with van der Waals surface area (Å²) in [6, 6.07) is 7.56. The minimum absolute atomic E-state index is 0.180. The molecule has 1 aliphatic heterocycles. The molecule has 1 fully saturated rings. The molecule has 0 saturated carbocycles. The van der Waals surface area contributed by atoms with Gasteiger partial charge >= 0.3 is 6.03 Å². The Kier molecular flexibility index (Phi) is 6.87. The van der Waals surface area contributed by atoms with Crippen molar-refractivity contribution in [2.45, 2.75) is 32.7 Å². The van der Waals surface area contributed by atoms with Crippen molar-refractivity contribution < 1.29 is 14.3 Å². The summed E-state index contributed by atoms with van der Waals surface area (Å²) >= 11 is 0. The molecule has 0 aromatic heterocycles. The lowest BCUT2D eigenvalue weighted by molar-refractivity contribution is -0.117. The molecule has 1 heterocycles. The van der Waals surface area contributed by atoms with Crippen molar-refractivity contribution in [2.24, 2.45) is 0 Å². The van der Waals surface area contributed by atoms with E-state index in [4.69, 9.17) is 4.74 Å². The normalized spacial score (nSPS) is 14.1. The van der Waals surface area contributed by atoms with Crippen molar-refractivity contribution in [1.82, 2.24) is 10.6 Å².